The van der Waals surface area contributed by atoms with Crippen molar-refractivity contribution in [1.29, 1.82) is 0 Å². The summed E-state index contributed by atoms with van der Waals surface area (Å²) in [5, 5.41) is 18.1. The van der Waals surface area contributed by atoms with E-state index < -0.39 is 24.4 Å². The number of esters is 1. The molecule has 0 spiro atoms. The molecule has 0 amide bonds. The van der Waals surface area contributed by atoms with Gasteiger partial charge in [0, 0.05) is 41.2 Å². The second-order valence-electron chi connectivity index (χ2n) is 10.1. The Balaban J connectivity index is 1.67. The number of nitrogens with zero attached hydrogens (tertiary/aromatic N) is 1. The Morgan fingerprint density at radius 1 is 1.13 bits per heavy atom. The molecule has 2 aromatic carbocycles. The molecule has 1 atom stereocenters. The summed E-state index contributed by atoms with van der Waals surface area (Å²) in [7, 11) is -3.87. The minimum absolute atomic E-state index is 0.0725. The van der Waals surface area contributed by atoms with E-state index in [0.29, 0.717) is 23.5 Å². The first kappa shape index (κ1) is 27.6. The number of hydrogen-bond donors (Lipinski definition) is 2. The first-order valence-corrected chi connectivity index (χ1v) is 13.8. The molecule has 0 aliphatic carbocycles. The highest BCUT2D eigenvalue weighted by Crippen LogP contribution is 2.66. The molecule has 0 unspecified atom stereocenters. The normalized spacial score (nSPS) is 20.5. The highest BCUT2D eigenvalue weighted by Gasteiger charge is 2.48. The molecule has 0 saturated carbocycles. The lowest BCUT2D eigenvalue weighted by molar-refractivity contribution is -0.384. The van der Waals surface area contributed by atoms with Crippen molar-refractivity contribution < 1.29 is 28.1 Å². The average Bonchev–Trinajstić information content (AvgIpc) is 2.88. The molecule has 2 N–H and O–H groups in total. The summed E-state index contributed by atoms with van der Waals surface area (Å²) in [5.74, 6) is -1.56. The largest absolute Gasteiger partial charge is 0.460 e. The van der Waals surface area contributed by atoms with Crippen LogP contribution in [0.3, 0.4) is 0 Å². The number of rotatable bonds is 8. The van der Waals surface area contributed by atoms with E-state index in [1.807, 2.05) is 44.2 Å². The zero-order valence-corrected chi connectivity index (χ0v) is 22.7. The fourth-order valence-corrected chi connectivity index (χ4v) is 6.92. The number of nitrogens with one attached hydrogen (secondary N) is 2. The van der Waals surface area contributed by atoms with Crippen LogP contribution in [-0.2, 0) is 23.1 Å². The average molecular weight is 542 g/mol. The molecule has 202 valence electrons. The minimum Gasteiger partial charge on any atom is -0.460 e. The van der Waals surface area contributed by atoms with E-state index in [0.717, 1.165) is 5.69 Å². The van der Waals surface area contributed by atoms with Gasteiger partial charge in [-0.25, -0.2) is 4.79 Å². The van der Waals surface area contributed by atoms with Crippen molar-refractivity contribution in [3.05, 3.63) is 92.6 Å². The third-order valence-electron chi connectivity index (χ3n) is 6.34. The zero-order chi connectivity index (χ0) is 27.5. The number of non-ortho nitro benzene ring substituents is 1. The van der Waals surface area contributed by atoms with Crippen LogP contribution in [-0.4, -0.2) is 37.3 Å². The molecular formula is C27H32N3O7P. The number of benzene rings is 2. The van der Waals surface area contributed by atoms with E-state index in [1.54, 1.807) is 19.9 Å². The van der Waals surface area contributed by atoms with Crippen LogP contribution in [0.1, 0.15) is 39.2 Å². The number of nitro benzene ring substituents is 1. The Morgan fingerprint density at radius 2 is 1.82 bits per heavy atom. The van der Waals surface area contributed by atoms with Gasteiger partial charge >= 0.3 is 13.6 Å². The number of dihydropyridines is 1. The third-order valence-corrected chi connectivity index (χ3v) is 8.47. The summed E-state index contributed by atoms with van der Waals surface area (Å²) in [6, 6.07) is 15.4. The number of para-hydroxylation sites is 1. The van der Waals surface area contributed by atoms with E-state index >= 15 is 0 Å². The van der Waals surface area contributed by atoms with Crippen molar-refractivity contribution >= 4 is 24.9 Å². The molecule has 10 nitrogen and oxygen atoms in total. The van der Waals surface area contributed by atoms with Crippen molar-refractivity contribution in [3.63, 3.8) is 0 Å². The van der Waals surface area contributed by atoms with Gasteiger partial charge in [0.25, 0.3) is 5.69 Å². The number of carbonyl (C=O) groups excluding carboxylic acids is 1. The molecule has 2 aliphatic heterocycles. The fourth-order valence-electron chi connectivity index (χ4n) is 4.47. The van der Waals surface area contributed by atoms with Crippen molar-refractivity contribution in [1.82, 2.24) is 5.32 Å². The lowest BCUT2D eigenvalue weighted by Gasteiger charge is -2.39. The number of carbonyl (C=O) groups is 1. The highest BCUT2D eigenvalue weighted by atomic mass is 31.2. The molecule has 2 aliphatic rings. The van der Waals surface area contributed by atoms with E-state index in [4.69, 9.17) is 13.8 Å². The molecule has 0 bridgehead atoms. The van der Waals surface area contributed by atoms with Gasteiger partial charge in [-0.2, -0.15) is 0 Å². The molecule has 4 rings (SSSR count). The van der Waals surface area contributed by atoms with Crippen molar-refractivity contribution in [2.24, 2.45) is 5.41 Å². The van der Waals surface area contributed by atoms with Gasteiger partial charge in [0.2, 0.25) is 0 Å². The van der Waals surface area contributed by atoms with Gasteiger partial charge in [-0.15, -0.1) is 0 Å². The van der Waals surface area contributed by atoms with Crippen LogP contribution in [0.15, 0.2) is 76.9 Å². The van der Waals surface area contributed by atoms with Crippen LogP contribution < -0.4 is 10.6 Å². The maximum Gasteiger partial charge on any atom is 0.360 e. The maximum atomic E-state index is 14.1. The first-order chi connectivity index (χ1) is 18.0. The second-order valence-corrected chi connectivity index (χ2v) is 12.1. The molecule has 1 fully saturated rings. The minimum atomic E-state index is -3.87. The smallest absolute Gasteiger partial charge is 0.360 e. The first-order valence-electron chi connectivity index (χ1n) is 12.3. The molecule has 38 heavy (non-hydrogen) atoms. The monoisotopic (exact) mass is 541 g/mol. The number of ether oxygens (including phenoxy) is 1. The number of allylic oxidation sites excluding steroid dienone is 3. The van der Waals surface area contributed by atoms with Gasteiger partial charge in [0.15, 0.2) is 0 Å². The summed E-state index contributed by atoms with van der Waals surface area (Å²) < 4.78 is 31.4. The number of hydrogen-bond acceptors (Lipinski definition) is 9. The summed E-state index contributed by atoms with van der Waals surface area (Å²) in [5.41, 5.74) is 2.00. The van der Waals surface area contributed by atoms with Crippen molar-refractivity contribution in [3.8, 4) is 0 Å². The maximum absolute atomic E-state index is 14.1. The van der Waals surface area contributed by atoms with Crippen molar-refractivity contribution in [2.75, 3.05) is 31.7 Å². The van der Waals surface area contributed by atoms with Crippen LogP contribution in [0.25, 0.3) is 0 Å². The van der Waals surface area contributed by atoms with E-state index in [2.05, 4.69) is 10.6 Å². The Bertz CT molecular complexity index is 1320. The van der Waals surface area contributed by atoms with E-state index in [1.165, 1.54) is 18.2 Å². The topological polar surface area (TPSA) is 129 Å². The van der Waals surface area contributed by atoms with Crippen LogP contribution in [0.2, 0.25) is 0 Å². The standard InChI is InChI=1S/C27H32N3O7P/c1-18-23(26(31)35-14-13-28-21-10-6-5-7-11-21)24(20-9-8-12-22(15-20)30(32)33)25(19(2)29-18)38(34)36-16-27(3,4)17-37-38/h5-12,15,24,28-29H,13-14,16-17H2,1-4H3/t24-/m1/s1. The lowest BCUT2D eigenvalue weighted by atomic mass is 9.86. The van der Waals surface area contributed by atoms with E-state index in [9.17, 15) is 19.5 Å². The quantitative estimate of drug-likeness (QED) is 0.142. The Hall–Kier alpha value is -3.46. The third kappa shape index (κ3) is 5.99. The van der Waals surface area contributed by atoms with Crippen LogP contribution in [0.4, 0.5) is 11.4 Å². The summed E-state index contributed by atoms with van der Waals surface area (Å²) >= 11 is 0. The summed E-state index contributed by atoms with van der Waals surface area (Å²) in [6.45, 7) is 8.14. The van der Waals surface area contributed by atoms with Gasteiger partial charge < -0.3 is 24.4 Å². The second kappa shape index (κ2) is 11.1. The molecule has 2 heterocycles. The molecule has 11 heteroatoms. The molecular weight excluding hydrogens is 509 g/mol. The van der Waals surface area contributed by atoms with Gasteiger partial charge in [0.05, 0.1) is 34.9 Å². The zero-order valence-electron chi connectivity index (χ0n) is 21.9. The molecule has 2 aromatic rings. The Labute approximate surface area is 221 Å². The predicted molar refractivity (Wildman–Crippen MR) is 144 cm³/mol. The van der Waals surface area contributed by atoms with Gasteiger partial charge in [-0.1, -0.05) is 44.2 Å². The SMILES string of the molecule is CC1=C(C(=O)OCCNc2ccccc2)[C@@H](c2cccc([N+](=O)[O-])c2)C(P2(=O)OCC(C)(C)CO2)=C(C)N1. The van der Waals surface area contributed by atoms with Crippen LogP contribution in [0.5, 0.6) is 0 Å². The van der Waals surface area contributed by atoms with E-state index in [-0.39, 0.29) is 41.8 Å². The fraction of sp³-hybridized carbons (Fsp3) is 0.370. The van der Waals surface area contributed by atoms with Crippen molar-refractivity contribution in [2.45, 2.75) is 33.6 Å². The Kier molecular flexibility index (Phi) is 8.06. The van der Waals surface area contributed by atoms with Gasteiger partial charge in [-0.05, 0) is 31.5 Å². The summed E-state index contributed by atoms with van der Waals surface area (Å²) in [6.07, 6.45) is 0. The number of anilines is 1. The van der Waals surface area contributed by atoms with Crippen LogP contribution >= 0.6 is 7.60 Å². The number of nitro groups is 1. The van der Waals surface area contributed by atoms with Crippen LogP contribution in [0, 0.1) is 15.5 Å². The van der Waals surface area contributed by atoms with Gasteiger partial charge in [0.1, 0.15) is 6.61 Å². The molecule has 1 saturated heterocycles. The van der Waals surface area contributed by atoms with Gasteiger partial charge in [-0.3, -0.25) is 14.7 Å². The highest BCUT2D eigenvalue weighted by molar-refractivity contribution is 7.58. The molecule has 0 radical (unpaired) electrons. The lowest BCUT2D eigenvalue weighted by Crippen LogP contribution is -2.34. The Morgan fingerprint density at radius 3 is 2.47 bits per heavy atom. The molecule has 0 aromatic heterocycles. The predicted octanol–water partition coefficient (Wildman–Crippen LogP) is 5.71. The summed E-state index contributed by atoms with van der Waals surface area (Å²) in [4.78, 5) is 24.5.